The van der Waals surface area contributed by atoms with Gasteiger partial charge in [0.05, 0.1) is 11.0 Å². The minimum atomic E-state index is -0.137. The van der Waals surface area contributed by atoms with E-state index in [9.17, 15) is 4.79 Å². The molecule has 0 amide bonds. The average Bonchev–Trinajstić information content (AvgIpc) is 2.69. The van der Waals surface area contributed by atoms with E-state index in [1.165, 1.54) is 18.4 Å². The van der Waals surface area contributed by atoms with Gasteiger partial charge in [-0.1, -0.05) is 13.0 Å². The number of benzene rings is 1. The minimum absolute atomic E-state index is 0.137. The molecule has 0 aliphatic carbocycles. The molecule has 1 aliphatic rings. The van der Waals surface area contributed by atoms with E-state index in [-0.39, 0.29) is 5.69 Å². The second-order valence-corrected chi connectivity index (χ2v) is 5.03. The third-order valence-corrected chi connectivity index (χ3v) is 3.60. The Kier molecular flexibility index (Phi) is 2.52. The third kappa shape index (κ3) is 2.00. The number of nitrogens with one attached hydrogen (secondary N) is 3. The van der Waals surface area contributed by atoms with Gasteiger partial charge in [0.15, 0.2) is 0 Å². The lowest BCUT2D eigenvalue weighted by molar-refractivity contribution is 0.333. The number of aromatic amines is 2. The lowest BCUT2D eigenvalue weighted by Crippen LogP contribution is -2.31. The van der Waals surface area contributed by atoms with Crippen LogP contribution in [0, 0.1) is 5.92 Å². The average molecular weight is 231 g/mol. The van der Waals surface area contributed by atoms with Crippen LogP contribution in [0.2, 0.25) is 0 Å². The van der Waals surface area contributed by atoms with Gasteiger partial charge in [-0.3, -0.25) is 0 Å². The molecule has 1 aliphatic heterocycles. The smallest absolute Gasteiger partial charge is 0.310 e. The Morgan fingerprint density at radius 1 is 1.18 bits per heavy atom. The number of imidazole rings is 1. The molecule has 3 rings (SSSR count). The van der Waals surface area contributed by atoms with E-state index in [1.54, 1.807) is 0 Å². The van der Waals surface area contributed by atoms with Crippen LogP contribution in [0.25, 0.3) is 11.0 Å². The van der Waals surface area contributed by atoms with Crippen LogP contribution >= 0.6 is 0 Å². The molecule has 1 aromatic heterocycles. The van der Waals surface area contributed by atoms with Crippen molar-refractivity contribution in [2.45, 2.75) is 25.8 Å². The van der Waals surface area contributed by atoms with E-state index in [0.717, 1.165) is 23.5 Å². The normalized spacial score (nSPS) is 25.2. The summed E-state index contributed by atoms with van der Waals surface area (Å²) in [7, 11) is 0. The second kappa shape index (κ2) is 4.04. The van der Waals surface area contributed by atoms with Crippen LogP contribution in [0.5, 0.6) is 0 Å². The summed E-state index contributed by atoms with van der Waals surface area (Å²) < 4.78 is 0. The van der Waals surface area contributed by atoms with E-state index in [0.29, 0.717) is 6.04 Å². The predicted octanol–water partition coefficient (Wildman–Crippen LogP) is 1.92. The highest BCUT2D eigenvalue weighted by molar-refractivity contribution is 5.75. The maximum absolute atomic E-state index is 11.2. The molecule has 2 aromatic rings. The highest BCUT2D eigenvalue weighted by Crippen LogP contribution is 2.26. The third-order valence-electron chi connectivity index (χ3n) is 3.60. The van der Waals surface area contributed by atoms with Gasteiger partial charge in [-0.2, -0.15) is 0 Å². The van der Waals surface area contributed by atoms with Gasteiger partial charge >= 0.3 is 5.69 Å². The van der Waals surface area contributed by atoms with E-state index >= 15 is 0 Å². The lowest BCUT2D eigenvalue weighted by Gasteiger charge is -2.28. The number of H-pyrrole nitrogens is 2. The van der Waals surface area contributed by atoms with Crippen molar-refractivity contribution in [2.24, 2.45) is 5.92 Å². The van der Waals surface area contributed by atoms with Crippen LogP contribution < -0.4 is 11.0 Å². The first-order valence-electron chi connectivity index (χ1n) is 6.18. The molecule has 2 atom stereocenters. The van der Waals surface area contributed by atoms with Gasteiger partial charge in [-0.05, 0) is 43.0 Å². The van der Waals surface area contributed by atoms with Gasteiger partial charge in [0.2, 0.25) is 0 Å². The number of aromatic nitrogens is 2. The van der Waals surface area contributed by atoms with Crippen LogP contribution in [0.3, 0.4) is 0 Å². The van der Waals surface area contributed by atoms with Crippen molar-refractivity contribution in [3.63, 3.8) is 0 Å². The van der Waals surface area contributed by atoms with Crippen molar-refractivity contribution in [3.8, 4) is 0 Å². The van der Waals surface area contributed by atoms with Crippen LogP contribution in [0.4, 0.5) is 0 Å². The van der Waals surface area contributed by atoms with Crippen LogP contribution in [-0.4, -0.2) is 16.5 Å². The topological polar surface area (TPSA) is 60.7 Å². The predicted molar refractivity (Wildman–Crippen MR) is 68.1 cm³/mol. The zero-order chi connectivity index (χ0) is 11.8. The Morgan fingerprint density at radius 2 is 2.00 bits per heavy atom. The maximum Gasteiger partial charge on any atom is 0.323 e. The van der Waals surface area contributed by atoms with Crippen molar-refractivity contribution in [1.29, 1.82) is 0 Å². The monoisotopic (exact) mass is 231 g/mol. The van der Waals surface area contributed by atoms with E-state index < -0.39 is 0 Å². The zero-order valence-corrected chi connectivity index (χ0v) is 9.92. The molecule has 1 saturated heterocycles. The van der Waals surface area contributed by atoms with Crippen molar-refractivity contribution >= 4 is 11.0 Å². The first-order valence-corrected chi connectivity index (χ1v) is 6.18. The molecule has 4 heteroatoms. The zero-order valence-electron chi connectivity index (χ0n) is 9.92. The first kappa shape index (κ1) is 10.6. The van der Waals surface area contributed by atoms with Gasteiger partial charge in [0, 0.05) is 6.04 Å². The molecular formula is C13H17N3O. The summed E-state index contributed by atoms with van der Waals surface area (Å²) in [6, 6.07) is 6.57. The number of hydrogen-bond acceptors (Lipinski definition) is 2. The van der Waals surface area contributed by atoms with Gasteiger partial charge < -0.3 is 15.3 Å². The standard InChI is InChI=1S/C13H17N3O/c1-8-2-4-10(14-7-8)9-3-5-11-12(6-9)16-13(17)15-11/h3,5-6,8,10,14H,2,4,7H2,1H3,(H2,15,16,17)/t8-,10+/m1/s1. The molecule has 2 heterocycles. The van der Waals surface area contributed by atoms with E-state index in [1.807, 2.05) is 6.07 Å². The molecule has 1 fully saturated rings. The fourth-order valence-electron chi connectivity index (χ4n) is 2.55. The largest absolute Gasteiger partial charge is 0.323 e. The minimum Gasteiger partial charge on any atom is -0.310 e. The van der Waals surface area contributed by atoms with Gasteiger partial charge in [-0.15, -0.1) is 0 Å². The first-order chi connectivity index (χ1) is 8.22. The van der Waals surface area contributed by atoms with Crippen molar-refractivity contribution in [3.05, 3.63) is 34.2 Å². The van der Waals surface area contributed by atoms with Crippen LogP contribution in [0.15, 0.2) is 23.0 Å². The molecule has 0 radical (unpaired) electrons. The highest BCUT2D eigenvalue weighted by Gasteiger charge is 2.19. The number of rotatable bonds is 1. The maximum atomic E-state index is 11.2. The van der Waals surface area contributed by atoms with Crippen LogP contribution in [0.1, 0.15) is 31.4 Å². The Morgan fingerprint density at radius 3 is 2.76 bits per heavy atom. The fraction of sp³-hybridized carbons (Fsp3) is 0.462. The van der Waals surface area contributed by atoms with Crippen LogP contribution in [-0.2, 0) is 0 Å². The molecule has 17 heavy (non-hydrogen) atoms. The quantitative estimate of drug-likeness (QED) is 0.702. The molecule has 0 spiro atoms. The summed E-state index contributed by atoms with van der Waals surface area (Å²) in [6.07, 6.45) is 2.43. The summed E-state index contributed by atoms with van der Waals surface area (Å²) >= 11 is 0. The fourth-order valence-corrected chi connectivity index (χ4v) is 2.55. The number of piperidine rings is 1. The highest BCUT2D eigenvalue weighted by atomic mass is 16.1. The van der Waals surface area contributed by atoms with Gasteiger partial charge in [0.1, 0.15) is 0 Å². The summed E-state index contributed by atoms with van der Waals surface area (Å²) in [5, 5.41) is 3.55. The molecule has 1 aromatic carbocycles. The summed E-state index contributed by atoms with van der Waals surface area (Å²) in [5.41, 5.74) is 2.90. The van der Waals surface area contributed by atoms with Gasteiger partial charge in [0.25, 0.3) is 0 Å². The van der Waals surface area contributed by atoms with Crippen molar-refractivity contribution in [1.82, 2.24) is 15.3 Å². The molecule has 0 unspecified atom stereocenters. The van der Waals surface area contributed by atoms with Gasteiger partial charge in [-0.25, -0.2) is 4.79 Å². The molecule has 3 N–H and O–H groups in total. The van der Waals surface area contributed by atoms with Crippen molar-refractivity contribution < 1.29 is 0 Å². The number of hydrogen-bond donors (Lipinski definition) is 3. The Bertz CT molecular complexity index is 576. The SMILES string of the molecule is C[C@@H]1CC[C@@H](c2ccc3[nH]c(=O)[nH]c3c2)NC1. The Labute approximate surface area is 99.4 Å². The van der Waals surface area contributed by atoms with Crippen molar-refractivity contribution in [2.75, 3.05) is 6.54 Å². The van der Waals surface area contributed by atoms with E-state index in [4.69, 9.17) is 0 Å². The summed E-state index contributed by atoms with van der Waals surface area (Å²) in [6.45, 7) is 3.35. The lowest BCUT2D eigenvalue weighted by atomic mass is 9.92. The summed E-state index contributed by atoms with van der Waals surface area (Å²) in [5.74, 6) is 0.766. The summed E-state index contributed by atoms with van der Waals surface area (Å²) in [4.78, 5) is 16.8. The second-order valence-electron chi connectivity index (χ2n) is 5.03. The molecule has 0 bridgehead atoms. The molecule has 90 valence electrons. The Balaban J connectivity index is 1.92. The Hall–Kier alpha value is -1.55. The number of fused-ring (bicyclic) bond motifs is 1. The molecule has 4 nitrogen and oxygen atoms in total. The van der Waals surface area contributed by atoms with E-state index in [2.05, 4.69) is 34.3 Å². The molecular weight excluding hydrogens is 214 g/mol. The molecule has 0 saturated carbocycles.